The molecule has 2 aromatic rings. The minimum Gasteiger partial charge on any atom is -0.399 e. The molecule has 1 aromatic carbocycles. The lowest BCUT2D eigenvalue weighted by Gasteiger charge is -2.08. The van der Waals surface area contributed by atoms with Gasteiger partial charge >= 0.3 is 0 Å². The van der Waals surface area contributed by atoms with Gasteiger partial charge in [0.15, 0.2) is 0 Å². The van der Waals surface area contributed by atoms with Gasteiger partial charge in [0.05, 0.1) is 5.56 Å². The summed E-state index contributed by atoms with van der Waals surface area (Å²) in [4.78, 5) is 11.9. The predicted molar refractivity (Wildman–Crippen MR) is 71.0 cm³/mol. The lowest BCUT2D eigenvalue weighted by atomic mass is 10.1. The molecule has 1 amide bonds. The third-order valence-electron chi connectivity index (χ3n) is 2.55. The zero-order valence-corrected chi connectivity index (χ0v) is 10.7. The first-order chi connectivity index (χ1) is 8.58. The minimum atomic E-state index is -0.521. The van der Waals surface area contributed by atoms with Gasteiger partial charge in [-0.15, -0.1) is 0 Å². The summed E-state index contributed by atoms with van der Waals surface area (Å²) in [6, 6.07) is 4.77. The van der Waals surface area contributed by atoms with Gasteiger partial charge in [0.25, 0.3) is 5.91 Å². The first-order valence-electron chi connectivity index (χ1n) is 5.43. The Labute approximate surface area is 108 Å². The topological polar surface area (TPSA) is 55.1 Å². The van der Waals surface area contributed by atoms with E-state index in [0.29, 0.717) is 17.8 Å². The molecule has 0 atom stereocenters. The molecule has 18 heavy (non-hydrogen) atoms. The Morgan fingerprint density at radius 2 is 2.28 bits per heavy atom. The number of thiophene rings is 1. The maximum absolute atomic E-state index is 13.8. The molecule has 0 aliphatic heterocycles. The highest BCUT2D eigenvalue weighted by molar-refractivity contribution is 7.07. The van der Waals surface area contributed by atoms with Crippen LogP contribution in [0.1, 0.15) is 21.5 Å². The van der Waals surface area contributed by atoms with Gasteiger partial charge in [-0.1, -0.05) is 0 Å². The molecule has 0 radical (unpaired) electrons. The van der Waals surface area contributed by atoms with E-state index in [-0.39, 0.29) is 5.56 Å². The number of halogens is 1. The highest BCUT2D eigenvalue weighted by atomic mass is 32.1. The maximum atomic E-state index is 13.8. The second kappa shape index (κ2) is 5.18. The molecule has 5 heteroatoms. The first kappa shape index (κ1) is 12.6. The molecule has 3 N–H and O–H groups in total. The van der Waals surface area contributed by atoms with Crippen LogP contribution in [0.4, 0.5) is 10.1 Å². The monoisotopic (exact) mass is 264 g/mol. The number of amides is 1. The van der Waals surface area contributed by atoms with Crippen LogP contribution in [0.25, 0.3) is 0 Å². The number of carbonyl (C=O) groups is 1. The van der Waals surface area contributed by atoms with Crippen LogP contribution in [0.3, 0.4) is 0 Å². The number of rotatable bonds is 3. The molecule has 0 saturated heterocycles. The standard InChI is InChI=1S/C13H13FN2OS/c1-8-4-10(15)5-11(12(8)14)13(17)16-6-9-2-3-18-7-9/h2-5,7H,6,15H2,1H3,(H,16,17). The fourth-order valence-electron chi connectivity index (χ4n) is 1.63. The zero-order chi connectivity index (χ0) is 13.1. The average molecular weight is 264 g/mol. The molecule has 0 aliphatic carbocycles. The highest BCUT2D eigenvalue weighted by Crippen LogP contribution is 2.17. The number of nitrogens with two attached hydrogens (primary N) is 1. The van der Waals surface area contributed by atoms with E-state index in [4.69, 9.17) is 5.73 Å². The largest absolute Gasteiger partial charge is 0.399 e. The summed E-state index contributed by atoms with van der Waals surface area (Å²) in [7, 11) is 0. The quantitative estimate of drug-likeness (QED) is 0.837. The van der Waals surface area contributed by atoms with Crippen LogP contribution in [-0.2, 0) is 6.54 Å². The molecule has 0 aliphatic rings. The lowest BCUT2D eigenvalue weighted by molar-refractivity contribution is 0.0947. The van der Waals surface area contributed by atoms with Crippen molar-refractivity contribution in [2.45, 2.75) is 13.5 Å². The lowest BCUT2D eigenvalue weighted by Crippen LogP contribution is -2.24. The van der Waals surface area contributed by atoms with E-state index >= 15 is 0 Å². The van der Waals surface area contributed by atoms with E-state index in [9.17, 15) is 9.18 Å². The second-order valence-electron chi connectivity index (χ2n) is 4.01. The van der Waals surface area contributed by atoms with Crippen LogP contribution in [0, 0.1) is 12.7 Å². The molecular formula is C13H13FN2OS. The van der Waals surface area contributed by atoms with Gasteiger partial charge in [-0.2, -0.15) is 11.3 Å². The Hall–Kier alpha value is -1.88. The molecule has 0 unspecified atom stereocenters. The summed E-state index contributed by atoms with van der Waals surface area (Å²) < 4.78 is 13.8. The van der Waals surface area contributed by atoms with E-state index in [1.165, 1.54) is 12.1 Å². The Bertz CT molecular complexity index is 567. The summed E-state index contributed by atoms with van der Waals surface area (Å²) in [6.07, 6.45) is 0. The smallest absolute Gasteiger partial charge is 0.254 e. The third-order valence-corrected chi connectivity index (χ3v) is 3.29. The van der Waals surface area contributed by atoms with Crippen molar-refractivity contribution in [3.63, 3.8) is 0 Å². The summed E-state index contributed by atoms with van der Waals surface area (Å²) >= 11 is 1.55. The molecule has 2 rings (SSSR count). The van der Waals surface area contributed by atoms with E-state index in [1.807, 2.05) is 16.8 Å². The fraction of sp³-hybridized carbons (Fsp3) is 0.154. The second-order valence-corrected chi connectivity index (χ2v) is 4.79. The number of nitrogen functional groups attached to an aromatic ring is 1. The number of carbonyl (C=O) groups excluding carboxylic acids is 1. The van der Waals surface area contributed by atoms with Crippen LogP contribution in [-0.4, -0.2) is 5.91 Å². The fourth-order valence-corrected chi connectivity index (χ4v) is 2.30. The molecule has 0 fully saturated rings. The Morgan fingerprint density at radius 3 is 2.94 bits per heavy atom. The zero-order valence-electron chi connectivity index (χ0n) is 9.87. The molecule has 1 heterocycles. The van der Waals surface area contributed by atoms with Gasteiger partial charge in [0.2, 0.25) is 0 Å². The maximum Gasteiger partial charge on any atom is 0.254 e. The molecule has 3 nitrogen and oxygen atoms in total. The SMILES string of the molecule is Cc1cc(N)cc(C(=O)NCc2ccsc2)c1F. The number of nitrogens with one attached hydrogen (secondary N) is 1. The van der Waals surface area contributed by atoms with Crippen molar-refractivity contribution in [2.24, 2.45) is 0 Å². The van der Waals surface area contributed by atoms with Crippen molar-refractivity contribution in [3.8, 4) is 0 Å². The number of anilines is 1. The molecule has 1 aromatic heterocycles. The summed E-state index contributed by atoms with van der Waals surface area (Å²) in [5.41, 5.74) is 7.35. The Kier molecular flexibility index (Phi) is 3.62. The van der Waals surface area contributed by atoms with Gasteiger partial charge in [-0.25, -0.2) is 4.39 Å². The van der Waals surface area contributed by atoms with Crippen molar-refractivity contribution in [1.82, 2.24) is 5.32 Å². The van der Waals surface area contributed by atoms with Gasteiger partial charge in [0, 0.05) is 12.2 Å². The highest BCUT2D eigenvalue weighted by Gasteiger charge is 2.14. The van der Waals surface area contributed by atoms with E-state index in [2.05, 4.69) is 5.32 Å². The van der Waals surface area contributed by atoms with Crippen LogP contribution in [0.5, 0.6) is 0 Å². The van der Waals surface area contributed by atoms with Crippen molar-refractivity contribution in [1.29, 1.82) is 0 Å². The summed E-state index contributed by atoms with van der Waals surface area (Å²) in [5.74, 6) is -0.971. The van der Waals surface area contributed by atoms with E-state index in [0.717, 1.165) is 5.56 Å². The van der Waals surface area contributed by atoms with Crippen LogP contribution < -0.4 is 11.1 Å². The predicted octanol–water partition coefficient (Wildman–Crippen LogP) is 2.71. The number of benzene rings is 1. The average Bonchev–Trinajstić information content (AvgIpc) is 2.83. The van der Waals surface area contributed by atoms with Gasteiger partial charge in [-0.05, 0) is 47.0 Å². The summed E-state index contributed by atoms with van der Waals surface area (Å²) in [5, 5.41) is 6.52. The van der Waals surface area contributed by atoms with Gasteiger partial charge in [-0.3, -0.25) is 4.79 Å². The normalized spacial score (nSPS) is 10.3. The molecule has 0 saturated carbocycles. The molecule has 0 spiro atoms. The van der Waals surface area contributed by atoms with Gasteiger partial charge in [0.1, 0.15) is 5.82 Å². The number of hydrogen-bond acceptors (Lipinski definition) is 3. The minimum absolute atomic E-state index is 0.0114. The van der Waals surface area contributed by atoms with Crippen molar-refractivity contribution >= 4 is 22.9 Å². The molecule has 0 bridgehead atoms. The Morgan fingerprint density at radius 1 is 1.50 bits per heavy atom. The number of aryl methyl sites for hydroxylation is 1. The van der Waals surface area contributed by atoms with E-state index in [1.54, 1.807) is 18.3 Å². The first-order valence-corrected chi connectivity index (χ1v) is 6.37. The van der Waals surface area contributed by atoms with Crippen LogP contribution >= 0.6 is 11.3 Å². The van der Waals surface area contributed by atoms with Crippen LogP contribution in [0.2, 0.25) is 0 Å². The summed E-state index contributed by atoms with van der Waals surface area (Å²) in [6.45, 7) is 1.97. The third kappa shape index (κ3) is 2.68. The van der Waals surface area contributed by atoms with E-state index < -0.39 is 11.7 Å². The molecular weight excluding hydrogens is 251 g/mol. The van der Waals surface area contributed by atoms with Crippen LogP contribution in [0.15, 0.2) is 29.0 Å². The van der Waals surface area contributed by atoms with Gasteiger partial charge < -0.3 is 11.1 Å². The number of hydrogen-bond donors (Lipinski definition) is 2. The van der Waals surface area contributed by atoms with Crippen molar-refractivity contribution < 1.29 is 9.18 Å². The molecule has 94 valence electrons. The van der Waals surface area contributed by atoms with Crippen molar-refractivity contribution in [3.05, 3.63) is 51.5 Å². The van der Waals surface area contributed by atoms with Crippen molar-refractivity contribution in [2.75, 3.05) is 5.73 Å². The Balaban J connectivity index is 2.14.